The number of carbonyl (C=O) groups excluding carboxylic acids is 2. The van der Waals surface area contributed by atoms with Gasteiger partial charge in [-0.1, -0.05) is 6.42 Å². The first-order chi connectivity index (χ1) is 13.1. The van der Waals surface area contributed by atoms with Crippen molar-refractivity contribution in [2.24, 2.45) is 0 Å². The van der Waals surface area contributed by atoms with E-state index in [1.165, 1.54) is 22.7 Å². The molecule has 1 unspecified atom stereocenters. The van der Waals surface area contributed by atoms with E-state index in [-0.39, 0.29) is 24.6 Å². The Labute approximate surface area is 162 Å². The summed E-state index contributed by atoms with van der Waals surface area (Å²) in [6.07, 6.45) is 5.13. The number of hydrogen-bond acceptors (Lipinski definition) is 6. The molecule has 1 amide bonds. The molecule has 0 N–H and O–H groups in total. The second kappa shape index (κ2) is 7.68. The number of fused-ring (bicyclic) bond motifs is 1. The lowest BCUT2D eigenvalue weighted by Crippen LogP contribution is -2.49. The number of ether oxygens (including phenoxy) is 2. The molecular weight excluding hydrogens is 364 g/mol. The van der Waals surface area contributed by atoms with Crippen LogP contribution in [0.1, 0.15) is 39.0 Å². The highest BCUT2D eigenvalue weighted by molar-refractivity contribution is 7.07. The number of aromatic nitrogens is 1. The summed E-state index contributed by atoms with van der Waals surface area (Å²) in [7, 11) is 0. The van der Waals surface area contributed by atoms with E-state index in [1.807, 2.05) is 23.6 Å². The highest BCUT2D eigenvalue weighted by Crippen LogP contribution is 2.37. The standard InChI is InChI=1S/C20H22N2O4S/c1-13(20(24)26-15-5-3-2-4-6-15)22-17-9-14(16-11-27-12-21-16)7-8-18(17)25-10-19(22)23/h7-9,11-13,15H,2-6,10H2,1H3. The van der Waals surface area contributed by atoms with Gasteiger partial charge in [0, 0.05) is 10.9 Å². The molecule has 1 fully saturated rings. The van der Waals surface area contributed by atoms with Gasteiger partial charge in [-0.05, 0) is 50.8 Å². The third kappa shape index (κ3) is 3.69. The fraction of sp³-hybridized carbons (Fsp3) is 0.450. The van der Waals surface area contributed by atoms with Crippen molar-refractivity contribution in [2.45, 2.75) is 51.2 Å². The Morgan fingerprint density at radius 1 is 1.33 bits per heavy atom. The minimum absolute atomic E-state index is 0.0364. The number of nitrogens with zero attached hydrogens (tertiary/aromatic N) is 2. The van der Waals surface area contributed by atoms with E-state index in [0.717, 1.165) is 36.9 Å². The van der Waals surface area contributed by atoms with E-state index in [2.05, 4.69) is 4.98 Å². The number of benzene rings is 1. The molecule has 0 radical (unpaired) electrons. The van der Waals surface area contributed by atoms with Gasteiger partial charge in [0.25, 0.3) is 5.91 Å². The van der Waals surface area contributed by atoms with Gasteiger partial charge in [0.05, 0.1) is 16.9 Å². The predicted octanol–water partition coefficient (Wildman–Crippen LogP) is 3.80. The van der Waals surface area contributed by atoms with Crippen LogP contribution in [0.25, 0.3) is 11.3 Å². The molecule has 2 aliphatic rings. The minimum atomic E-state index is -0.701. The maximum atomic E-state index is 12.7. The molecule has 1 aliphatic heterocycles. The van der Waals surface area contributed by atoms with Crippen LogP contribution in [-0.2, 0) is 14.3 Å². The summed E-state index contributed by atoms with van der Waals surface area (Å²) in [6, 6.07) is 4.88. The molecule has 1 aromatic heterocycles. The first-order valence-electron chi connectivity index (χ1n) is 9.31. The van der Waals surface area contributed by atoms with Crippen LogP contribution < -0.4 is 9.64 Å². The predicted molar refractivity (Wildman–Crippen MR) is 103 cm³/mol. The molecule has 1 aliphatic carbocycles. The molecule has 1 aromatic carbocycles. The number of thiazole rings is 1. The van der Waals surface area contributed by atoms with E-state index >= 15 is 0 Å². The van der Waals surface area contributed by atoms with Crippen molar-refractivity contribution in [1.82, 2.24) is 4.98 Å². The van der Waals surface area contributed by atoms with Crippen LogP contribution in [0.4, 0.5) is 5.69 Å². The van der Waals surface area contributed by atoms with Gasteiger partial charge in [-0.2, -0.15) is 0 Å². The van der Waals surface area contributed by atoms with Crippen LogP contribution in [0.2, 0.25) is 0 Å². The summed E-state index contributed by atoms with van der Waals surface area (Å²) >= 11 is 1.51. The van der Waals surface area contributed by atoms with Gasteiger partial charge >= 0.3 is 5.97 Å². The molecule has 2 heterocycles. The number of amides is 1. The number of esters is 1. The number of anilines is 1. The van der Waals surface area contributed by atoms with E-state index in [1.54, 1.807) is 12.4 Å². The lowest BCUT2D eigenvalue weighted by molar-refractivity contribution is -0.152. The zero-order valence-electron chi connectivity index (χ0n) is 15.2. The van der Waals surface area contributed by atoms with Gasteiger partial charge in [0.1, 0.15) is 17.9 Å². The van der Waals surface area contributed by atoms with Crippen molar-refractivity contribution in [2.75, 3.05) is 11.5 Å². The van der Waals surface area contributed by atoms with Crippen molar-refractivity contribution in [3.8, 4) is 17.0 Å². The van der Waals surface area contributed by atoms with E-state index in [4.69, 9.17) is 9.47 Å². The second-order valence-corrected chi connectivity index (χ2v) is 7.70. The van der Waals surface area contributed by atoms with Gasteiger partial charge in [-0.15, -0.1) is 11.3 Å². The smallest absolute Gasteiger partial charge is 0.329 e. The van der Waals surface area contributed by atoms with Gasteiger partial charge in [-0.3, -0.25) is 9.69 Å². The average molecular weight is 386 g/mol. The third-order valence-corrected chi connectivity index (χ3v) is 5.72. The van der Waals surface area contributed by atoms with Crippen LogP contribution in [0.15, 0.2) is 29.1 Å². The summed E-state index contributed by atoms with van der Waals surface area (Å²) < 4.78 is 11.2. The normalized spacial score (nSPS) is 18.6. The number of carbonyl (C=O) groups is 2. The molecule has 7 heteroatoms. The van der Waals surface area contributed by atoms with E-state index < -0.39 is 6.04 Å². The Bertz CT molecular complexity index is 831. The van der Waals surface area contributed by atoms with Crippen LogP contribution in [0, 0.1) is 0 Å². The average Bonchev–Trinajstić information content (AvgIpc) is 3.22. The SMILES string of the molecule is CC(C(=O)OC1CCCCC1)N1C(=O)COc2ccc(-c3cscn3)cc21. The molecule has 27 heavy (non-hydrogen) atoms. The van der Waals surface area contributed by atoms with Crippen molar-refractivity contribution in [1.29, 1.82) is 0 Å². The second-order valence-electron chi connectivity index (χ2n) is 6.98. The zero-order valence-corrected chi connectivity index (χ0v) is 16.0. The third-order valence-electron chi connectivity index (χ3n) is 5.13. The molecule has 1 saturated carbocycles. The molecular formula is C20H22N2O4S. The first-order valence-corrected chi connectivity index (χ1v) is 10.3. The summed E-state index contributed by atoms with van der Waals surface area (Å²) in [5.74, 6) is -0.0147. The molecule has 6 nitrogen and oxygen atoms in total. The Morgan fingerprint density at radius 3 is 2.89 bits per heavy atom. The van der Waals surface area contributed by atoms with Crippen molar-refractivity contribution >= 4 is 28.9 Å². The maximum absolute atomic E-state index is 12.7. The van der Waals surface area contributed by atoms with Crippen LogP contribution >= 0.6 is 11.3 Å². The quantitative estimate of drug-likeness (QED) is 0.748. The Balaban J connectivity index is 1.59. The summed E-state index contributed by atoms with van der Waals surface area (Å²) in [5, 5.41) is 1.94. The Morgan fingerprint density at radius 2 is 2.15 bits per heavy atom. The molecule has 1 atom stereocenters. The molecule has 2 aromatic rings. The largest absolute Gasteiger partial charge is 0.482 e. The highest BCUT2D eigenvalue weighted by atomic mass is 32.1. The maximum Gasteiger partial charge on any atom is 0.329 e. The van der Waals surface area contributed by atoms with Gasteiger partial charge < -0.3 is 9.47 Å². The summed E-state index contributed by atoms with van der Waals surface area (Å²) in [4.78, 5) is 31.1. The van der Waals surface area contributed by atoms with Gasteiger partial charge in [0.15, 0.2) is 6.61 Å². The minimum Gasteiger partial charge on any atom is -0.482 e. The molecule has 0 spiro atoms. The topological polar surface area (TPSA) is 68.7 Å². The van der Waals surface area contributed by atoms with E-state index in [9.17, 15) is 9.59 Å². The monoisotopic (exact) mass is 386 g/mol. The molecule has 142 valence electrons. The molecule has 4 rings (SSSR count). The fourth-order valence-corrected chi connectivity index (χ4v) is 4.22. The van der Waals surface area contributed by atoms with Crippen LogP contribution in [0.5, 0.6) is 5.75 Å². The van der Waals surface area contributed by atoms with Crippen molar-refractivity contribution < 1.29 is 19.1 Å². The summed E-state index contributed by atoms with van der Waals surface area (Å²) in [6.45, 7) is 1.64. The van der Waals surface area contributed by atoms with E-state index in [0.29, 0.717) is 11.4 Å². The lowest BCUT2D eigenvalue weighted by atomic mass is 9.98. The zero-order chi connectivity index (χ0) is 18.8. The van der Waals surface area contributed by atoms with Crippen molar-refractivity contribution in [3.05, 3.63) is 29.1 Å². The highest BCUT2D eigenvalue weighted by Gasteiger charge is 2.35. The van der Waals surface area contributed by atoms with Crippen LogP contribution in [-0.4, -0.2) is 35.6 Å². The van der Waals surface area contributed by atoms with Crippen LogP contribution in [0.3, 0.4) is 0 Å². The van der Waals surface area contributed by atoms with Gasteiger partial charge in [0.2, 0.25) is 0 Å². The number of hydrogen-bond donors (Lipinski definition) is 0. The molecule has 0 saturated heterocycles. The lowest BCUT2D eigenvalue weighted by Gasteiger charge is -2.34. The van der Waals surface area contributed by atoms with Crippen molar-refractivity contribution in [3.63, 3.8) is 0 Å². The Hall–Kier alpha value is -2.41. The molecule has 0 bridgehead atoms. The number of rotatable bonds is 4. The summed E-state index contributed by atoms with van der Waals surface area (Å²) in [5.41, 5.74) is 4.06. The first kappa shape index (κ1) is 18.0. The fourth-order valence-electron chi connectivity index (χ4n) is 3.66. The Kier molecular flexibility index (Phi) is 5.11. The van der Waals surface area contributed by atoms with Gasteiger partial charge in [-0.25, -0.2) is 9.78 Å².